The second kappa shape index (κ2) is 6.85. The molecule has 1 heterocycles. The van der Waals surface area contributed by atoms with Gasteiger partial charge in [-0.15, -0.1) is 0 Å². The fourth-order valence-corrected chi connectivity index (χ4v) is 6.52. The molecule has 4 atom stereocenters. The minimum Gasteiger partial charge on any atom is -0.497 e. The fraction of sp³-hybridized carbons (Fsp3) is 0.542. The van der Waals surface area contributed by atoms with Crippen molar-refractivity contribution in [3.63, 3.8) is 0 Å². The molecular formula is C24H30N2O. The maximum atomic E-state index is 5.46. The van der Waals surface area contributed by atoms with E-state index in [0.717, 1.165) is 35.9 Å². The summed E-state index contributed by atoms with van der Waals surface area (Å²) in [7, 11) is 1.77. The molecule has 5 rings (SSSR count). The van der Waals surface area contributed by atoms with Gasteiger partial charge < -0.3 is 10.1 Å². The lowest BCUT2D eigenvalue weighted by Gasteiger charge is -2.50. The first-order valence-electron chi connectivity index (χ1n) is 10.6. The van der Waals surface area contributed by atoms with E-state index in [1.165, 1.54) is 50.5 Å². The Morgan fingerprint density at radius 3 is 2.96 bits per heavy atom. The molecule has 0 radical (unpaired) electrons. The number of fused-ring (bicyclic) bond motifs is 5. The summed E-state index contributed by atoms with van der Waals surface area (Å²) in [6.07, 6.45) is 11.3. The van der Waals surface area contributed by atoms with Gasteiger partial charge >= 0.3 is 0 Å². The topological polar surface area (TPSA) is 34.1 Å². The molecule has 3 aliphatic carbocycles. The zero-order valence-corrected chi connectivity index (χ0v) is 16.3. The lowest BCUT2D eigenvalue weighted by Crippen LogP contribution is -2.44. The van der Waals surface area contributed by atoms with E-state index in [2.05, 4.69) is 40.6 Å². The van der Waals surface area contributed by atoms with Gasteiger partial charge in [0.05, 0.1) is 7.11 Å². The second-order valence-corrected chi connectivity index (χ2v) is 8.84. The summed E-state index contributed by atoms with van der Waals surface area (Å²) in [4.78, 5) is 4.48. The Morgan fingerprint density at radius 1 is 1.15 bits per heavy atom. The molecule has 3 aliphatic rings. The van der Waals surface area contributed by atoms with Crippen molar-refractivity contribution in [1.82, 2.24) is 4.98 Å². The highest BCUT2D eigenvalue weighted by Crippen LogP contribution is 2.61. The van der Waals surface area contributed by atoms with E-state index in [0.29, 0.717) is 5.41 Å². The standard InChI is InChI=1S/C24H30N2O/c1-27-18-8-10-19-17(15-18)7-9-21-20(19)11-13-24(12-4-5-22(21)24)16-26-23-6-2-3-14-25-23/h2-3,6,8,10,14-15,20-22H,4-5,7,9,11-13,16H2,1H3,(H,25,26)/t20-,21-,22+,24+/m1/s1. The maximum Gasteiger partial charge on any atom is 0.125 e. The molecule has 0 aliphatic heterocycles. The quantitative estimate of drug-likeness (QED) is 0.787. The highest BCUT2D eigenvalue weighted by Gasteiger charge is 2.52. The van der Waals surface area contributed by atoms with Crippen LogP contribution in [0.1, 0.15) is 55.6 Å². The number of aromatic nitrogens is 1. The molecular weight excluding hydrogens is 332 g/mol. The summed E-state index contributed by atoms with van der Waals surface area (Å²) >= 11 is 0. The van der Waals surface area contributed by atoms with Gasteiger partial charge in [-0.1, -0.05) is 18.6 Å². The predicted octanol–water partition coefficient (Wildman–Crippen LogP) is 5.43. The van der Waals surface area contributed by atoms with Crippen LogP contribution in [0.5, 0.6) is 5.75 Å². The van der Waals surface area contributed by atoms with E-state index in [9.17, 15) is 0 Å². The van der Waals surface area contributed by atoms with Gasteiger partial charge in [-0.05, 0) is 97.1 Å². The monoisotopic (exact) mass is 362 g/mol. The molecule has 2 aromatic rings. The Morgan fingerprint density at radius 2 is 2.11 bits per heavy atom. The van der Waals surface area contributed by atoms with Gasteiger partial charge in [-0.2, -0.15) is 0 Å². The normalized spacial score (nSPS) is 31.5. The number of hydrogen-bond donors (Lipinski definition) is 1. The van der Waals surface area contributed by atoms with Crippen LogP contribution in [0, 0.1) is 17.3 Å². The van der Waals surface area contributed by atoms with Crippen LogP contribution in [0.15, 0.2) is 42.6 Å². The van der Waals surface area contributed by atoms with Crippen molar-refractivity contribution in [2.75, 3.05) is 19.0 Å². The van der Waals surface area contributed by atoms with Gasteiger partial charge in [0.2, 0.25) is 0 Å². The van der Waals surface area contributed by atoms with E-state index in [1.807, 2.05) is 12.3 Å². The number of ether oxygens (including phenoxy) is 1. The van der Waals surface area contributed by atoms with Gasteiger partial charge in [0.15, 0.2) is 0 Å². The molecule has 3 nitrogen and oxygen atoms in total. The van der Waals surface area contributed by atoms with Gasteiger partial charge in [-0.25, -0.2) is 4.98 Å². The van der Waals surface area contributed by atoms with Crippen molar-refractivity contribution in [3.8, 4) is 5.75 Å². The summed E-state index contributed by atoms with van der Waals surface area (Å²) in [6.45, 7) is 1.09. The zero-order valence-electron chi connectivity index (χ0n) is 16.3. The van der Waals surface area contributed by atoms with E-state index < -0.39 is 0 Å². The number of aryl methyl sites for hydroxylation is 1. The van der Waals surface area contributed by atoms with Crippen LogP contribution in [0.2, 0.25) is 0 Å². The highest BCUT2D eigenvalue weighted by molar-refractivity contribution is 5.41. The molecule has 142 valence electrons. The van der Waals surface area contributed by atoms with Crippen molar-refractivity contribution < 1.29 is 4.74 Å². The molecule has 27 heavy (non-hydrogen) atoms. The largest absolute Gasteiger partial charge is 0.497 e. The molecule has 2 saturated carbocycles. The van der Waals surface area contributed by atoms with Crippen molar-refractivity contribution in [1.29, 1.82) is 0 Å². The Balaban J connectivity index is 1.38. The van der Waals surface area contributed by atoms with Gasteiger partial charge in [0.1, 0.15) is 11.6 Å². The van der Waals surface area contributed by atoms with Gasteiger partial charge in [0, 0.05) is 12.7 Å². The molecule has 2 fully saturated rings. The van der Waals surface area contributed by atoms with E-state index in [4.69, 9.17) is 4.74 Å². The van der Waals surface area contributed by atoms with Crippen molar-refractivity contribution in [2.24, 2.45) is 17.3 Å². The second-order valence-electron chi connectivity index (χ2n) is 8.84. The van der Waals surface area contributed by atoms with Crippen molar-refractivity contribution in [2.45, 2.75) is 50.9 Å². The number of nitrogens with one attached hydrogen (secondary N) is 1. The van der Waals surface area contributed by atoms with Crippen LogP contribution in [0.25, 0.3) is 0 Å². The molecule has 0 spiro atoms. The number of pyridine rings is 1. The SMILES string of the molecule is COc1ccc2c(c1)CC[C@@H]1[C@@H]2CC[C@]2(CNc3ccccn3)CCC[C@@H]12. The molecule has 0 bridgehead atoms. The summed E-state index contributed by atoms with van der Waals surface area (Å²) in [5.41, 5.74) is 3.63. The van der Waals surface area contributed by atoms with Crippen LogP contribution >= 0.6 is 0 Å². The third kappa shape index (κ3) is 2.92. The first kappa shape index (κ1) is 17.1. The average molecular weight is 363 g/mol. The van der Waals surface area contributed by atoms with Crippen LogP contribution in [-0.4, -0.2) is 18.6 Å². The van der Waals surface area contributed by atoms with Gasteiger partial charge in [0.25, 0.3) is 0 Å². The number of anilines is 1. The highest BCUT2D eigenvalue weighted by atomic mass is 16.5. The maximum absolute atomic E-state index is 5.46. The Kier molecular flexibility index (Phi) is 4.34. The average Bonchev–Trinajstić information content (AvgIpc) is 3.17. The zero-order chi connectivity index (χ0) is 18.3. The summed E-state index contributed by atoms with van der Waals surface area (Å²) in [5.74, 6) is 4.51. The first-order chi connectivity index (χ1) is 13.3. The third-order valence-corrected chi connectivity index (χ3v) is 7.75. The molecule has 1 aromatic carbocycles. The van der Waals surface area contributed by atoms with Crippen LogP contribution in [0.3, 0.4) is 0 Å². The third-order valence-electron chi connectivity index (χ3n) is 7.75. The number of hydrogen-bond acceptors (Lipinski definition) is 3. The Labute approximate surface area is 162 Å². The first-order valence-corrected chi connectivity index (χ1v) is 10.6. The minimum absolute atomic E-state index is 0.475. The molecule has 1 aromatic heterocycles. The molecule has 0 amide bonds. The van der Waals surface area contributed by atoms with Crippen LogP contribution < -0.4 is 10.1 Å². The van der Waals surface area contributed by atoms with Crippen molar-refractivity contribution in [3.05, 3.63) is 53.7 Å². The van der Waals surface area contributed by atoms with Crippen LogP contribution in [0.4, 0.5) is 5.82 Å². The smallest absolute Gasteiger partial charge is 0.125 e. The fourth-order valence-electron chi connectivity index (χ4n) is 6.52. The van der Waals surface area contributed by atoms with Crippen LogP contribution in [-0.2, 0) is 6.42 Å². The lowest BCUT2D eigenvalue weighted by molar-refractivity contribution is 0.0547. The van der Waals surface area contributed by atoms with E-state index >= 15 is 0 Å². The Bertz CT molecular complexity index is 805. The minimum atomic E-state index is 0.475. The number of nitrogens with zero attached hydrogens (tertiary/aromatic N) is 1. The van der Waals surface area contributed by atoms with E-state index in [-0.39, 0.29) is 0 Å². The Hall–Kier alpha value is -2.03. The molecule has 1 N–H and O–H groups in total. The lowest BCUT2D eigenvalue weighted by atomic mass is 9.55. The number of methoxy groups -OCH3 is 1. The molecule has 0 saturated heterocycles. The predicted molar refractivity (Wildman–Crippen MR) is 109 cm³/mol. The summed E-state index contributed by atoms with van der Waals surface area (Å²) in [5, 5.41) is 3.68. The molecule has 0 unspecified atom stereocenters. The molecule has 3 heteroatoms. The number of rotatable bonds is 4. The summed E-state index contributed by atoms with van der Waals surface area (Å²) < 4.78 is 5.46. The van der Waals surface area contributed by atoms with Crippen molar-refractivity contribution >= 4 is 5.82 Å². The number of benzene rings is 1. The van der Waals surface area contributed by atoms with E-state index in [1.54, 1.807) is 12.7 Å². The summed E-state index contributed by atoms with van der Waals surface area (Å²) in [6, 6.07) is 13.0. The van der Waals surface area contributed by atoms with Gasteiger partial charge in [-0.3, -0.25) is 0 Å².